The highest BCUT2D eigenvalue weighted by molar-refractivity contribution is 5.99. The summed E-state index contributed by atoms with van der Waals surface area (Å²) in [6, 6.07) is 10.7. The number of hydrogen-bond acceptors (Lipinski definition) is 8. The molecular weight excluding hydrogens is 348 g/mol. The van der Waals surface area contributed by atoms with Crippen LogP contribution in [0, 0.1) is 0 Å². The van der Waals surface area contributed by atoms with Crippen LogP contribution in [0.15, 0.2) is 47.8 Å². The van der Waals surface area contributed by atoms with Gasteiger partial charge in [-0.15, -0.1) is 0 Å². The molecule has 1 aromatic carbocycles. The molecule has 8 heteroatoms. The van der Waals surface area contributed by atoms with Crippen LogP contribution in [0.3, 0.4) is 0 Å². The van der Waals surface area contributed by atoms with Crippen molar-refractivity contribution < 1.29 is 20.2 Å². The van der Waals surface area contributed by atoms with E-state index < -0.39 is 6.29 Å². The van der Waals surface area contributed by atoms with E-state index in [9.17, 15) is 15.4 Å². The molecule has 0 atom stereocenters. The second kappa shape index (κ2) is 8.81. The monoisotopic (exact) mass is 372 g/mol. The summed E-state index contributed by atoms with van der Waals surface area (Å²) in [4.78, 5) is 8.70. The summed E-state index contributed by atoms with van der Waals surface area (Å²) in [5.74, 6) is 0.658. The molecule has 0 radical (unpaired) electrons. The van der Waals surface area contributed by atoms with Gasteiger partial charge in [0.15, 0.2) is 6.29 Å². The minimum absolute atomic E-state index is 0.000663. The van der Waals surface area contributed by atoms with Gasteiger partial charge in [0.1, 0.15) is 18.1 Å². The van der Waals surface area contributed by atoms with E-state index in [-0.39, 0.29) is 17.9 Å². The molecule has 1 aliphatic rings. The van der Waals surface area contributed by atoms with Crippen LogP contribution >= 0.6 is 0 Å². The first-order valence-electron chi connectivity index (χ1n) is 8.76. The first-order chi connectivity index (χ1) is 13.1. The van der Waals surface area contributed by atoms with Gasteiger partial charge in [0, 0.05) is 49.7 Å². The van der Waals surface area contributed by atoms with Crippen molar-refractivity contribution in [3.63, 3.8) is 0 Å². The van der Waals surface area contributed by atoms with Crippen molar-refractivity contribution in [3.8, 4) is 5.75 Å². The summed E-state index contributed by atoms with van der Waals surface area (Å²) < 4.78 is 5.77. The normalized spacial score (nSPS) is 16.0. The highest BCUT2D eigenvalue weighted by atomic mass is 16.5. The van der Waals surface area contributed by atoms with E-state index >= 15 is 0 Å². The van der Waals surface area contributed by atoms with Crippen molar-refractivity contribution in [3.05, 3.63) is 53.9 Å². The number of pyridine rings is 1. The van der Waals surface area contributed by atoms with Crippen LogP contribution in [-0.4, -0.2) is 70.8 Å². The smallest absolute Gasteiger partial charge is 0.178 e. The summed E-state index contributed by atoms with van der Waals surface area (Å²) in [5.41, 5.74) is 1.87. The fraction of sp³-hybridized carbons (Fsp3) is 0.368. The molecule has 0 bridgehead atoms. The maximum atomic E-state index is 9.30. The summed E-state index contributed by atoms with van der Waals surface area (Å²) in [6.45, 7) is 3.96. The van der Waals surface area contributed by atoms with Gasteiger partial charge in [-0.05, 0) is 31.3 Å². The summed E-state index contributed by atoms with van der Waals surface area (Å²) in [6.07, 6.45) is -0.198. The second-order valence-corrected chi connectivity index (χ2v) is 6.47. The molecule has 144 valence electrons. The van der Waals surface area contributed by atoms with Gasteiger partial charge in [0.2, 0.25) is 0 Å². The van der Waals surface area contributed by atoms with E-state index in [1.807, 2.05) is 24.3 Å². The standard InChI is InChI=1S/C19H24N4O4/c1-22-7-9-23(10-8-22)15-3-2-4-16(12-15)27-13-18(21-26)17-11-14(19(24)25)5-6-20-17/h2-6,11-12,19,24-26H,7-10,13H2,1H3/b21-18+. The number of nitrogens with zero attached hydrogens (tertiary/aromatic N) is 4. The number of aliphatic hydroxyl groups excluding tert-OH is 1. The molecule has 0 amide bonds. The predicted octanol–water partition coefficient (Wildman–Crippen LogP) is 1.07. The molecule has 0 saturated carbocycles. The number of anilines is 1. The van der Waals surface area contributed by atoms with Crippen LogP contribution < -0.4 is 9.64 Å². The molecule has 2 aromatic rings. The van der Waals surface area contributed by atoms with Crippen molar-refractivity contribution in [2.75, 3.05) is 44.7 Å². The molecule has 8 nitrogen and oxygen atoms in total. The zero-order valence-corrected chi connectivity index (χ0v) is 15.2. The third-order valence-electron chi connectivity index (χ3n) is 4.56. The quantitative estimate of drug-likeness (QED) is 0.302. The predicted molar refractivity (Wildman–Crippen MR) is 101 cm³/mol. The molecule has 0 spiro atoms. The van der Waals surface area contributed by atoms with Gasteiger partial charge < -0.3 is 30.0 Å². The van der Waals surface area contributed by atoms with E-state index in [0.29, 0.717) is 11.4 Å². The number of benzene rings is 1. The molecular formula is C19H24N4O4. The van der Waals surface area contributed by atoms with Crippen molar-refractivity contribution in [2.24, 2.45) is 5.16 Å². The van der Waals surface area contributed by atoms with Crippen LogP contribution in [0.4, 0.5) is 5.69 Å². The van der Waals surface area contributed by atoms with E-state index in [2.05, 4.69) is 27.0 Å². The van der Waals surface area contributed by atoms with E-state index in [1.54, 1.807) is 0 Å². The van der Waals surface area contributed by atoms with Crippen LogP contribution in [0.1, 0.15) is 17.5 Å². The van der Waals surface area contributed by atoms with Gasteiger partial charge in [-0.1, -0.05) is 11.2 Å². The number of oxime groups is 1. The average molecular weight is 372 g/mol. The number of hydrogen-bond donors (Lipinski definition) is 3. The molecule has 1 aromatic heterocycles. The zero-order chi connectivity index (χ0) is 19.2. The third kappa shape index (κ3) is 4.94. The number of aromatic nitrogens is 1. The lowest BCUT2D eigenvalue weighted by Gasteiger charge is -2.34. The van der Waals surface area contributed by atoms with Crippen molar-refractivity contribution in [2.45, 2.75) is 6.29 Å². The Morgan fingerprint density at radius 1 is 1.19 bits per heavy atom. The lowest BCUT2D eigenvalue weighted by atomic mass is 10.1. The van der Waals surface area contributed by atoms with Crippen LogP contribution in [-0.2, 0) is 0 Å². The molecule has 0 unspecified atom stereocenters. The van der Waals surface area contributed by atoms with E-state index in [1.165, 1.54) is 18.3 Å². The molecule has 1 fully saturated rings. The van der Waals surface area contributed by atoms with Gasteiger partial charge in [-0.3, -0.25) is 4.98 Å². The molecule has 27 heavy (non-hydrogen) atoms. The number of piperazine rings is 1. The van der Waals surface area contributed by atoms with Gasteiger partial charge >= 0.3 is 0 Å². The second-order valence-electron chi connectivity index (χ2n) is 6.47. The number of rotatable bonds is 6. The zero-order valence-electron chi connectivity index (χ0n) is 15.2. The lowest BCUT2D eigenvalue weighted by Crippen LogP contribution is -2.44. The highest BCUT2D eigenvalue weighted by Gasteiger charge is 2.15. The van der Waals surface area contributed by atoms with Gasteiger partial charge in [0.05, 0.1) is 5.69 Å². The Balaban J connectivity index is 1.67. The first-order valence-corrected chi connectivity index (χ1v) is 8.76. The Kier molecular flexibility index (Phi) is 6.23. The molecule has 3 N–H and O–H groups in total. The van der Waals surface area contributed by atoms with Gasteiger partial charge in [-0.25, -0.2) is 0 Å². The van der Waals surface area contributed by atoms with Crippen molar-refractivity contribution >= 4 is 11.4 Å². The van der Waals surface area contributed by atoms with Gasteiger partial charge in [-0.2, -0.15) is 0 Å². The molecule has 0 aliphatic carbocycles. The minimum Gasteiger partial charge on any atom is -0.487 e. The Morgan fingerprint density at radius 3 is 2.67 bits per heavy atom. The summed E-state index contributed by atoms with van der Waals surface area (Å²) >= 11 is 0. The highest BCUT2D eigenvalue weighted by Crippen LogP contribution is 2.22. The van der Waals surface area contributed by atoms with Crippen molar-refractivity contribution in [1.29, 1.82) is 0 Å². The van der Waals surface area contributed by atoms with Crippen LogP contribution in [0.25, 0.3) is 0 Å². The largest absolute Gasteiger partial charge is 0.487 e. The number of aliphatic hydroxyl groups is 2. The van der Waals surface area contributed by atoms with Crippen LogP contribution in [0.2, 0.25) is 0 Å². The van der Waals surface area contributed by atoms with E-state index in [4.69, 9.17) is 4.74 Å². The Labute approximate surface area is 157 Å². The Bertz CT molecular complexity index is 789. The van der Waals surface area contributed by atoms with E-state index in [0.717, 1.165) is 31.9 Å². The summed E-state index contributed by atoms with van der Waals surface area (Å²) in [5, 5.41) is 31.1. The topological polar surface area (TPSA) is 102 Å². The Morgan fingerprint density at radius 2 is 1.96 bits per heavy atom. The average Bonchev–Trinajstić information content (AvgIpc) is 2.69. The maximum absolute atomic E-state index is 9.30. The van der Waals surface area contributed by atoms with Crippen molar-refractivity contribution in [1.82, 2.24) is 9.88 Å². The third-order valence-corrected chi connectivity index (χ3v) is 4.56. The minimum atomic E-state index is -1.62. The Hall–Kier alpha value is -2.68. The lowest BCUT2D eigenvalue weighted by molar-refractivity contribution is -0.0425. The number of likely N-dealkylation sites (N-methyl/N-ethyl adjacent to an activating group) is 1. The molecule has 2 heterocycles. The molecule has 1 saturated heterocycles. The SMILES string of the molecule is CN1CCN(c2cccc(OC/C(=N\O)c3cc(C(O)O)ccn3)c2)CC1. The first kappa shape index (κ1) is 19.1. The summed E-state index contributed by atoms with van der Waals surface area (Å²) in [7, 11) is 2.12. The van der Waals surface area contributed by atoms with Crippen LogP contribution in [0.5, 0.6) is 5.75 Å². The number of ether oxygens (including phenoxy) is 1. The molecule has 3 rings (SSSR count). The fourth-order valence-electron chi connectivity index (χ4n) is 2.91. The maximum Gasteiger partial charge on any atom is 0.178 e. The fourth-order valence-corrected chi connectivity index (χ4v) is 2.91. The molecule has 1 aliphatic heterocycles. The van der Waals surface area contributed by atoms with Gasteiger partial charge in [0.25, 0.3) is 0 Å².